The number of halogens is 1. The van der Waals surface area contributed by atoms with Crippen LogP contribution in [0.5, 0.6) is 5.75 Å². The van der Waals surface area contributed by atoms with Crippen LogP contribution in [0.15, 0.2) is 89.7 Å². The largest absolute Gasteiger partial charge is 0.507 e. The predicted octanol–water partition coefficient (Wildman–Crippen LogP) is 3.97. The SMILES string of the molecule is O=C(NN=Cc1cc(Cl)ccc1O)C(=Cc1ccccc1)NC(=O)c1ccccc1. The number of rotatable bonds is 6. The van der Waals surface area contributed by atoms with E-state index in [1.54, 1.807) is 48.5 Å². The van der Waals surface area contributed by atoms with Crippen LogP contribution in [0.25, 0.3) is 6.08 Å². The molecule has 3 rings (SSSR count). The molecule has 0 aliphatic carbocycles. The quantitative estimate of drug-likeness (QED) is 0.321. The molecule has 0 radical (unpaired) electrons. The van der Waals surface area contributed by atoms with E-state index < -0.39 is 11.8 Å². The summed E-state index contributed by atoms with van der Waals surface area (Å²) < 4.78 is 0. The van der Waals surface area contributed by atoms with Gasteiger partial charge in [-0.1, -0.05) is 60.1 Å². The summed E-state index contributed by atoms with van der Waals surface area (Å²) in [4.78, 5) is 25.2. The van der Waals surface area contributed by atoms with Gasteiger partial charge in [0.2, 0.25) is 0 Å². The third-order valence-electron chi connectivity index (χ3n) is 4.00. The lowest BCUT2D eigenvalue weighted by molar-refractivity contribution is -0.117. The second kappa shape index (κ2) is 10.0. The number of carbonyl (C=O) groups is 2. The van der Waals surface area contributed by atoms with Gasteiger partial charge in [-0.2, -0.15) is 5.10 Å². The summed E-state index contributed by atoms with van der Waals surface area (Å²) in [6, 6.07) is 22.1. The molecule has 0 atom stereocenters. The standard InChI is InChI=1S/C23H18ClN3O3/c24-19-11-12-21(28)18(14-19)15-25-27-23(30)20(13-16-7-3-1-4-8-16)26-22(29)17-9-5-2-6-10-17/h1-15,28H,(H,26,29)(H,27,30). The predicted molar refractivity (Wildman–Crippen MR) is 117 cm³/mol. The van der Waals surface area contributed by atoms with E-state index in [0.717, 1.165) is 5.56 Å². The number of amides is 2. The Balaban J connectivity index is 1.79. The zero-order chi connectivity index (χ0) is 21.3. The number of benzene rings is 3. The molecule has 7 heteroatoms. The van der Waals surface area contributed by atoms with Crippen LogP contribution in [0.1, 0.15) is 21.5 Å². The first kappa shape index (κ1) is 20.8. The fourth-order valence-corrected chi connectivity index (χ4v) is 2.69. The van der Waals surface area contributed by atoms with Crippen molar-refractivity contribution in [2.45, 2.75) is 0 Å². The van der Waals surface area contributed by atoms with Gasteiger partial charge in [-0.05, 0) is 42.0 Å². The lowest BCUT2D eigenvalue weighted by Crippen LogP contribution is -2.32. The number of phenolic OH excluding ortho intramolecular Hbond substituents is 1. The third kappa shape index (κ3) is 5.80. The van der Waals surface area contributed by atoms with Gasteiger partial charge in [0.1, 0.15) is 11.4 Å². The average molecular weight is 420 g/mol. The first-order valence-electron chi connectivity index (χ1n) is 8.98. The molecule has 30 heavy (non-hydrogen) atoms. The van der Waals surface area contributed by atoms with E-state index in [1.165, 1.54) is 24.4 Å². The van der Waals surface area contributed by atoms with Crippen molar-refractivity contribution in [3.63, 3.8) is 0 Å². The molecule has 0 unspecified atom stereocenters. The average Bonchev–Trinajstić information content (AvgIpc) is 2.77. The Morgan fingerprint density at radius 1 is 0.933 bits per heavy atom. The number of phenols is 1. The van der Waals surface area contributed by atoms with Crippen LogP contribution in [-0.4, -0.2) is 23.1 Å². The number of hydrogen-bond acceptors (Lipinski definition) is 4. The van der Waals surface area contributed by atoms with Gasteiger partial charge in [-0.25, -0.2) is 5.43 Å². The Labute approximate surface area is 178 Å². The second-order valence-corrected chi connectivity index (χ2v) is 6.63. The molecule has 0 heterocycles. The van der Waals surface area contributed by atoms with Crippen molar-refractivity contribution in [1.29, 1.82) is 0 Å². The molecule has 0 fully saturated rings. The number of nitrogens with zero attached hydrogens (tertiary/aromatic N) is 1. The topological polar surface area (TPSA) is 90.8 Å². The van der Waals surface area contributed by atoms with Crippen LogP contribution in [-0.2, 0) is 4.79 Å². The van der Waals surface area contributed by atoms with Crippen LogP contribution in [0.2, 0.25) is 5.02 Å². The van der Waals surface area contributed by atoms with Gasteiger partial charge in [-0.3, -0.25) is 9.59 Å². The van der Waals surface area contributed by atoms with Crippen LogP contribution < -0.4 is 10.7 Å². The maximum Gasteiger partial charge on any atom is 0.287 e. The Bertz CT molecular complexity index is 1100. The van der Waals surface area contributed by atoms with E-state index in [9.17, 15) is 14.7 Å². The number of hydrazone groups is 1. The molecule has 0 aliphatic heterocycles. The Morgan fingerprint density at radius 3 is 2.30 bits per heavy atom. The van der Waals surface area contributed by atoms with Gasteiger partial charge in [0.25, 0.3) is 11.8 Å². The molecule has 0 saturated carbocycles. The van der Waals surface area contributed by atoms with E-state index in [2.05, 4.69) is 15.8 Å². The smallest absolute Gasteiger partial charge is 0.287 e. The lowest BCUT2D eigenvalue weighted by Gasteiger charge is -2.09. The van der Waals surface area contributed by atoms with Crippen LogP contribution in [0, 0.1) is 0 Å². The minimum atomic E-state index is -0.624. The normalized spacial score (nSPS) is 11.3. The maximum absolute atomic E-state index is 12.7. The van der Waals surface area contributed by atoms with Gasteiger partial charge >= 0.3 is 0 Å². The zero-order valence-corrected chi connectivity index (χ0v) is 16.5. The maximum atomic E-state index is 12.7. The molecule has 3 N–H and O–H groups in total. The molecular weight excluding hydrogens is 402 g/mol. The molecule has 2 amide bonds. The third-order valence-corrected chi connectivity index (χ3v) is 4.23. The summed E-state index contributed by atoms with van der Waals surface area (Å²) in [5, 5.41) is 16.7. The first-order chi connectivity index (χ1) is 14.5. The first-order valence-corrected chi connectivity index (χ1v) is 9.36. The number of aromatic hydroxyl groups is 1. The van der Waals surface area contributed by atoms with Crippen LogP contribution in [0.4, 0.5) is 0 Å². The van der Waals surface area contributed by atoms with Crippen molar-refractivity contribution < 1.29 is 14.7 Å². The molecule has 0 spiro atoms. The minimum absolute atomic E-state index is 0.0162. The Kier molecular flexibility index (Phi) is 6.97. The summed E-state index contributed by atoms with van der Waals surface area (Å²) in [6.45, 7) is 0. The van der Waals surface area contributed by atoms with Crippen LogP contribution >= 0.6 is 11.6 Å². The summed E-state index contributed by atoms with van der Waals surface area (Å²) in [6.07, 6.45) is 2.81. The van der Waals surface area contributed by atoms with Crippen molar-refractivity contribution >= 4 is 35.7 Å². The van der Waals surface area contributed by atoms with E-state index >= 15 is 0 Å². The molecule has 3 aromatic carbocycles. The van der Waals surface area contributed by atoms with Gasteiger partial charge in [0.15, 0.2) is 0 Å². The highest BCUT2D eigenvalue weighted by Crippen LogP contribution is 2.19. The monoisotopic (exact) mass is 419 g/mol. The van der Waals surface area contributed by atoms with E-state index in [1.807, 2.05) is 18.2 Å². The van der Waals surface area contributed by atoms with E-state index in [4.69, 9.17) is 11.6 Å². The fraction of sp³-hybridized carbons (Fsp3) is 0. The minimum Gasteiger partial charge on any atom is -0.507 e. The highest BCUT2D eigenvalue weighted by atomic mass is 35.5. The highest BCUT2D eigenvalue weighted by Gasteiger charge is 2.14. The highest BCUT2D eigenvalue weighted by molar-refractivity contribution is 6.30. The van der Waals surface area contributed by atoms with Crippen molar-refractivity contribution in [3.8, 4) is 5.75 Å². The summed E-state index contributed by atoms with van der Waals surface area (Å²) in [7, 11) is 0. The number of carbonyl (C=O) groups excluding carboxylic acids is 2. The second-order valence-electron chi connectivity index (χ2n) is 6.19. The van der Waals surface area contributed by atoms with Gasteiger partial charge in [0.05, 0.1) is 6.21 Å². The number of hydrogen-bond donors (Lipinski definition) is 3. The van der Waals surface area contributed by atoms with E-state index in [-0.39, 0.29) is 11.4 Å². The molecular formula is C23H18ClN3O3. The molecule has 3 aromatic rings. The van der Waals surface area contributed by atoms with Crippen LogP contribution in [0.3, 0.4) is 0 Å². The van der Waals surface area contributed by atoms with Crippen molar-refractivity contribution in [2.75, 3.05) is 0 Å². The van der Waals surface area contributed by atoms with Gasteiger partial charge in [0, 0.05) is 16.1 Å². The Hall–Kier alpha value is -3.90. The fourth-order valence-electron chi connectivity index (χ4n) is 2.51. The Morgan fingerprint density at radius 2 is 1.60 bits per heavy atom. The molecule has 0 aromatic heterocycles. The zero-order valence-electron chi connectivity index (χ0n) is 15.7. The van der Waals surface area contributed by atoms with Crippen molar-refractivity contribution in [2.24, 2.45) is 5.10 Å². The van der Waals surface area contributed by atoms with Gasteiger partial charge in [-0.15, -0.1) is 0 Å². The van der Waals surface area contributed by atoms with Crippen molar-refractivity contribution in [3.05, 3.63) is 106 Å². The van der Waals surface area contributed by atoms with Gasteiger partial charge < -0.3 is 10.4 Å². The molecule has 0 aliphatic rings. The molecule has 150 valence electrons. The van der Waals surface area contributed by atoms with E-state index in [0.29, 0.717) is 16.1 Å². The lowest BCUT2D eigenvalue weighted by atomic mass is 10.1. The summed E-state index contributed by atoms with van der Waals surface area (Å²) >= 11 is 5.90. The molecule has 6 nitrogen and oxygen atoms in total. The molecule has 0 saturated heterocycles. The number of nitrogens with one attached hydrogen (secondary N) is 2. The summed E-state index contributed by atoms with van der Waals surface area (Å²) in [5.41, 5.74) is 3.84. The summed E-state index contributed by atoms with van der Waals surface area (Å²) in [5.74, 6) is -1.08. The van der Waals surface area contributed by atoms with Crippen molar-refractivity contribution in [1.82, 2.24) is 10.7 Å². The molecule has 0 bridgehead atoms.